The van der Waals surface area contributed by atoms with Gasteiger partial charge in [-0.15, -0.1) is 11.3 Å². The molecule has 12 aromatic rings. The predicted octanol–water partition coefficient (Wildman–Crippen LogP) is 13.4. The molecule has 6 heteroatoms. The largest absolute Gasteiger partial charge is 0.309 e. The first-order chi connectivity index (χ1) is 28.3. The van der Waals surface area contributed by atoms with Crippen molar-refractivity contribution in [2.45, 2.75) is 0 Å². The molecule has 0 radical (unpaired) electrons. The molecule has 0 saturated carbocycles. The van der Waals surface area contributed by atoms with Crippen LogP contribution in [0.1, 0.15) is 0 Å². The molecule has 7 aromatic carbocycles. The normalized spacial score (nSPS) is 11.9. The van der Waals surface area contributed by atoms with Crippen molar-refractivity contribution in [1.82, 2.24) is 24.1 Å². The van der Waals surface area contributed by atoms with Gasteiger partial charge in [0.1, 0.15) is 0 Å². The van der Waals surface area contributed by atoms with E-state index < -0.39 is 0 Å². The first-order valence-electron chi connectivity index (χ1n) is 19.1. The molecule has 0 fully saturated rings. The molecule has 0 aliphatic heterocycles. The second-order valence-electron chi connectivity index (χ2n) is 14.5. The van der Waals surface area contributed by atoms with Gasteiger partial charge in [0, 0.05) is 50.1 Å². The second kappa shape index (κ2) is 12.6. The lowest BCUT2D eigenvalue weighted by atomic mass is 9.97. The van der Waals surface area contributed by atoms with Crippen LogP contribution in [0.25, 0.3) is 109 Å². The number of pyridine rings is 1. The third-order valence-electron chi connectivity index (χ3n) is 11.2. The fourth-order valence-corrected chi connectivity index (χ4v) is 9.74. The van der Waals surface area contributed by atoms with E-state index in [1.165, 1.54) is 54.5 Å². The highest BCUT2D eigenvalue weighted by atomic mass is 32.1. The molecule has 57 heavy (non-hydrogen) atoms. The van der Waals surface area contributed by atoms with Gasteiger partial charge in [-0.25, -0.2) is 9.97 Å². The van der Waals surface area contributed by atoms with Gasteiger partial charge < -0.3 is 4.57 Å². The van der Waals surface area contributed by atoms with Gasteiger partial charge in [-0.05, 0) is 94.2 Å². The van der Waals surface area contributed by atoms with Gasteiger partial charge in [0.15, 0.2) is 11.6 Å². The zero-order valence-electron chi connectivity index (χ0n) is 30.5. The van der Waals surface area contributed by atoms with E-state index in [9.17, 15) is 0 Å². The monoisotopic (exact) mass is 745 g/mol. The molecule has 0 spiro atoms. The molecule has 5 nitrogen and oxygen atoms in total. The number of benzene rings is 7. The summed E-state index contributed by atoms with van der Waals surface area (Å²) in [5.74, 6) is 1.54. The molecule has 0 saturated heterocycles. The lowest BCUT2D eigenvalue weighted by molar-refractivity contribution is 1.08. The smallest absolute Gasteiger partial charge is 0.162 e. The Balaban J connectivity index is 1.16. The lowest BCUT2D eigenvalue weighted by Crippen LogP contribution is -2.01. The Kier molecular flexibility index (Phi) is 7.03. The fourth-order valence-electron chi connectivity index (χ4n) is 8.66. The molecule has 0 aliphatic rings. The van der Waals surface area contributed by atoms with E-state index in [0.717, 1.165) is 48.8 Å². The number of fused-ring (bicyclic) bond motifs is 8. The van der Waals surface area contributed by atoms with Crippen LogP contribution in [0.15, 0.2) is 188 Å². The summed E-state index contributed by atoms with van der Waals surface area (Å²) in [7, 11) is 0. The van der Waals surface area contributed by atoms with Crippen molar-refractivity contribution >= 4 is 75.9 Å². The average Bonchev–Trinajstić information content (AvgIpc) is 3.96. The Morgan fingerprint density at radius 3 is 1.98 bits per heavy atom. The van der Waals surface area contributed by atoms with Gasteiger partial charge in [0.2, 0.25) is 0 Å². The Labute approximate surface area is 331 Å². The summed E-state index contributed by atoms with van der Waals surface area (Å²) in [6.45, 7) is 0. The summed E-state index contributed by atoms with van der Waals surface area (Å²) in [6, 6.07) is 63.1. The molecule has 0 aliphatic carbocycles. The Morgan fingerprint density at radius 2 is 1.14 bits per heavy atom. The summed E-state index contributed by atoms with van der Waals surface area (Å²) >= 11 is 1.74. The van der Waals surface area contributed by atoms with Crippen molar-refractivity contribution in [3.8, 4) is 44.5 Å². The maximum atomic E-state index is 5.42. The number of hydrogen-bond acceptors (Lipinski definition) is 4. The Bertz CT molecular complexity index is 3510. The second-order valence-corrected chi connectivity index (χ2v) is 15.5. The number of hydrogen-bond donors (Lipinski definition) is 0. The maximum absolute atomic E-state index is 5.42. The van der Waals surface area contributed by atoms with E-state index in [0.29, 0.717) is 5.82 Å². The van der Waals surface area contributed by atoms with Crippen molar-refractivity contribution < 1.29 is 0 Å². The Hall–Kier alpha value is -7.41. The highest BCUT2D eigenvalue weighted by molar-refractivity contribution is 7.22. The fraction of sp³-hybridized carbons (Fsp3) is 0. The molecule has 12 rings (SSSR count). The summed E-state index contributed by atoms with van der Waals surface area (Å²) in [4.78, 5) is 16.0. The molecule has 0 bridgehead atoms. The topological polar surface area (TPSA) is 48.5 Å². The Morgan fingerprint density at radius 1 is 0.439 bits per heavy atom. The standard InChI is InChI=1S/C51H31N5S/c1-3-12-32(13-4-1)47-31-42-49(57-47)51(54-50(53-42)33-24-26-52-27-25-33)56-44-23-22-36(29-40(44)41-28-34-14-7-8-15-35(34)30-46(41)56)38-19-11-21-45-48(38)39-18-9-10-20-43(39)55(45)37-16-5-2-6-17-37/h1-31H. The molecule has 5 aromatic heterocycles. The highest BCUT2D eigenvalue weighted by Gasteiger charge is 2.22. The number of para-hydroxylation sites is 2. The zero-order valence-corrected chi connectivity index (χ0v) is 31.4. The number of rotatable bonds is 5. The quantitative estimate of drug-likeness (QED) is 0.176. The molecular formula is C51H31N5S. The first kappa shape index (κ1) is 31.9. The van der Waals surface area contributed by atoms with Crippen LogP contribution in [0.3, 0.4) is 0 Å². The van der Waals surface area contributed by atoms with Crippen LogP contribution in [0.4, 0.5) is 0 Å². The molecule has 266 valence electrons. The molecule has 0 N–H and O–H groups in total. The summed E-state index contributed by atoms with van der Waals surface area (Å²) in [5, 5.41) is 7.23. The van der Waals surface area contributed by atoms with Crippen LogP contribution >= 0.6 is 11.3 Å². The summed E-state index contributed by atoms with van der Waals surface area (Å²) in [6.07, 6.45) is 3.61. The zero-order chi connectivity index (χ0) is 37.5. The number of nitrogens with zero attached hydrogens (tertiary/aromatic N) is 5. The van der Waals surface area contributed by atoms with Crippen LogP contribution < -0.4 is 0 Å². The third kappa shape index (κ3) is 4.98. The van der Waals surface area contributed by atoms with Gasteiger partial charge in [-0.3, -0.25) is 9.55 Å². The minimum absolute atomic E-state index is 0.672. The van der Waals surface area contributed by atoms with Crippen LogP contribution in [-0.4, -0.2) is 24.1 Å². The predicted molar refractivity (Wildman–Crippen MR) is 238 cm³/mol. The highest BCUT2D eigenvalue weighted by Crippen LogP contribution is 2.44. The van der Waals surface area contributed by atoms with Crippen LogP contribution in [0, 0.1) is 0 Å². The van der Waals surface area contributed by atoms with Crippen LogP contribution in [0.2, 0.25) is 0 Å². The summed E-state index contributed by atoms with van der Waals surface area (Å²) in [5.41, 5.74) is 11.1. The molecule has 0 amide bonds. The van der Waals surface area contributed by atoms with Gasteiger partial charge in [-0.2, -0.15) is 0 Å². The van der Waals surface area contributed by atoms with Crippen LogP contribution in [-0.2, 0) is 0 Å². The van der Waals surface area contributed by atoms with E-state index in [2.05, 4.69) is 178 Å². The van der Waals surface area contributed by atoms with Crippen molar-refractivity contribution in [3.05, 3.63) is 188 Å². The molecule has 5 heterocycles. The third-order valence-corrected chi connectivity index (χ3v) is 12.4. The van der Waals surface area contributed by atoms with E-state index >= 15 is 0 Å². The van der Waals surface area contributed by atoms with Crippen molar-refractivity contribution in [2.24, 2.45) is 0 Å². The minimum atomic E-state index is 0.672. The van der Waals surface area contributed by atoms with E-state index in [4.69, 9.17) is 9.97 Å². The first-order valence-corrected chi connectivity index (χ1v) is 19.9. The minimum Gasteiger partial charge on any atom is -0.309 e. The van der Waals surface area contributed by atoms with Crippen molar-refractivity contribution in [2.75, 3.05) is 0 Å². The lowest BCUT2D eigenvalue weighted by Gasteiger charge is -2.11. The number of thiophene rings is 1. The maximum Gasteiger partial charge on any atom is 0.162 e. The number of aromatic nitrogens is 5. The van der Waals surface area contributed by atoms with Crippen molar-refractivity contribution in [3.63, 3.8) is 0 Å². The molecule has 0 atom stereocenters. The van der Waals surface area contributed by atoms with Crippen LogP contribution in [0.5, 0.6) is 0 Å². The summed E-state index contributed by atoms with van der Waals surface area (Å²) < 4.78 is 5.79. The van der Waals surface area contributed by atoms with E-state index in [1.807, 2.05) is 12.1 Å². The molecule has 0 unspecified atom stereocenters. The van der Waals surface area contributed by atoms with Gasteiger partial charge in [0.25, 0.3) is 0 Å². The SMILES string of the molecule is c1ccc(-c2cc3nc(-c4ccncc4)nc(-n4c5ccc(-c6cccc7c6c6ccccc6n7-c6ccccc6)cc5c5cc6ccccc6cc54)c3s2)cc1. The van der Waals surface area contributed by atoms with Gasteiger partial charge >= 0.3 is 0 Å². The van der Waals surface area contributed by atoms with Gasteiger partial charge in [-0.1, -0.05) is 109 Å². The van der Waals surface area contributed by atoms with E-state index in [-0.39, 0.29) is 0 Å². The van der Waals surface area contributed by atoms with Gasteiger partial charge in [0.05, 0.1) is 32.3 Å². The molecular weight excluding hydrogens is 715 g/mol. The van der Waals surface area contributed by atoms with E-state index in [1.54, 1.807) is 23.7 Å². The average molecular weight is 746 g/mol. The van der Waals surface area contributed by atoms with Crippen molar-refractivity contribution in [1.29, 1.82) is 0 Å².